The molecule has 0 radical (unpaired) electrons. The molecule has 0 spiro atoms. The minimum absolute atomic E-state index is 0.103. The van der Waals surface area contributed by atoms with Crippen LogP contribution in [0.5, 0.6) is 0 Å². The zero-order chi connectivity index (χ0) is 19.2. The summed E-state index contributed by atoms with van der Waals surface area (Å²) in [7, 11) is 0. The van der Waals surface area contributed by atoms with E-state index in [4.69, 9.17) is 10.8 Å². The van der Waals surface area contributed by atoms with Gasteiger partial charge in [-0.25, -0.2) is 9.78 Å². The largest absolute Gasteiger partial charge is 0.478 e. The van der Waals surface area contributed by atoms with Crippen LogP contribution >= 0.6 is 11.3 Å². The molecule has 2 aromatic carbocycles. The molecule has 4 N–H and O–H groups in total. The summed E-state index contributed by atoms with van der Waals surface area (Å²) in [6.45, 7) is 0. The lowest BCUT2D eigenvalue weighted by atomic mass is 10.1. The molecule has 0 aliphatic rings. The zero-order valence-electron chi connectivity index (χ0n) is 14.5. The molecule has 1 unspecified atom stereocenters. The number of benzene rings is 2. The number of anilines is 1. The fourth-order valence-corrected chi connectivity index (χ4v) is 3.45. The van der Waals surface area contributed by atoms with E-state index in [2.05, 4.69) is 10.3 Å². The summed E-state index contributed by atoms with van der Waals surface area (Å²) in [6.07, 6.45) is 0.786. The van der Waals surface area contributed by atoms with E-state index < -0.39 is 5.97 Å². The van der Waals surface area contributed by atoms with Crippen molar-refractivity contribution in [3.8, 4) is 0 Å². The minimum atomic E-state index is -1.04. The molecular weight excluding hydrogens is 362 g/mol. The summed E-state index contributed by atoms with van der Waals surface area (Å²) in [6, 6.07) is 15.8. The molecule has 0 saturated carbocycles. The van der Waals surface area contributed by atoms with E-state index in [1.807, 2.05) is 35.7 Å². The van der Waals surface area contributed by atoms with Crippen molar-refractivity contribution in [1.82, 2.24) is 4.98 Å². The number of aromatic carboxylic acids is 1. The fraction of sp³-hybridized carbons (Fsp3) is 0.150. The quantitative estimate of drug-likeness (QED) is 0.582. The molecule has 1 amide bonds. The molecule has 0 aliphatic carbocycles. The van der Waals surface area contributed by atoms with Crippen LogP contribution in [-0.4, -0.2) is 22.0 Å². The molecule has 1 heterocycles. The number of carboxylic acid groups (broad SMARTS) is 1. The summed E-state index contributed by atoms with van der Waals surface area (Å²) in [4.78, 5) is 27.7. The van der Waals surface area contributed by atoms with Gasteiger partial charge in [0.1, 0.15) is 5.01 Å². The van der Waals surface area contributed by atoms with Gasteiger partial charge in [-0.15, -0.1) is 11.3 Å². The average molecular weight is 381 g/mol. The van der Waals surface area contributed by atoms with Crippen LogP contribution in [0.15, 0.2) is 60.0 Å². The number of carbonyl (C=O) groups is 2. The Bertz CT molecular complexity index is 940. The van der Waals surface area contributed by atoms with Crippen molar-refractivity contribution in [3.63, 3.8) is 0 Å². The molecule has 6 nitrogen and oxygen atoms in total. The van der Waals surface area contributed by atoms with Crippen LogP contribution in [0.4, 0.5) is 5.69 Å². The minimum Gasteiger partial charge on any atom is -0.478 e. The number of nitrogens with one attached hydrogen (secondary N) is 1. The Morgan fingerprint density at radius 1 is 1.15 bits per heavy atom. The third-order valence-corrected chi connectivity index (χ3v) is 4.95. The molecule has 3 aromatic rings. The van der Waals surface area contributed by atoms with Crippen LogP contribution in [0.1, 0.15) is 32.7 Å². The van der Waals surface area contributed by atoms with Crippen LogP contribution in [-0.2, 0) is 17.6 Å². The first-order valence-electron chi connectivity index (χ1n) is 8.38. The topological polar surface area (TPSA) is 105 Å². The molecule has 0 fully saturated rings. The maximum atomic E-state index is 12.2. The van der Waals surface area contributed by atoms with E-state index in [9.17, 15) is 9.59 Å². The lowest BCUT2D eigenvalue weighted by Gasteiger charge is -2.08. The maximum Gasteiger partial charge on any atom is 0.335 e. The number of nitrogens with two attached hydrogens (primary N) is 1. The summed E-state index contributed by atoms with van der Waals surface area (Å²) >= 11 is 1.44. The Hall–Kier alpha value is -3.03. The molecule has 3 rings (SSSR count). The van der Waals surface area contributed by atoms with Crippen molar-refractivity contribution in [3.05, 3.63) is 81.8 Å². The van der Waals surface area contributed by atoms with Gasteiger partial charge < -0.3 is 16.2 Å². The van der Waals surface area contributed by atoms with E-state index in [-0.39, 0.29) is 23.9 Å². The van der Waals surface area contributed by atoms with E-state index >= 15 is 0 Å². The third kappa shape index (κ3) is 5.22. The Morgan fingerprint density at radius 3 is 2.67 bits per heavy atom. The fourth-order valence-electron chi connectivity index (χ4n) is 2.63. The van der Waals surface area contributed by atoms with Gasteiger partial charge >= 0.3 is 5.97 Å². The second kappa shape index (κ2) is 8.57. The number of hydrogen-bond acceptors (Lipinski definition) is 5. The van der Waals surface area contributed by atoms with Crippen molar-refractivity contribution >= 4 is 28.9 Å². The number of thiazole rings is 1. The van der Waals surface area contributed by atoms with Crippen LogP contribution < -0.4 is 11.1 Å². The zero-order valence-corrected chi connectivity index (χ0v) is 15.3. The van der Waals surface area contributed by atoms with Gasteiger partial charge in [-0.2, -0.15) is 0 Å². The van der Waals surface area contributed by atoms with Crippen molar-refractivity contribution < 1.29 is 14.7 Å². The second-order valence-corrected chi connectivity index (χ2v) is 6.97. The lowest BCUT2D eigenvalue weighted by Crippen LogP contribution is -2.16. The van der Waals surface area contributed by atoms with Crippen LogP contribution in [0.25, 0.3) is 0 Å². The van der Waals surface area contributed by atoms with E-state index in [1.165, 1.54) is 23.5 Å². The Labute approximate surface area is 160 Å². The van der Waals surface area contributed by atoms with E-state index in [1.54, 1.807) is 12.1 Å². The number of nitrogens with zero attached hydrogens (tertiary/aromatic N) is 1. The highest BCUT2D eigenvalue weighted by Gasteiger charge is 2.14. The molecule has 138 valence electrons. The van der Waals surface area contributed by atoms with Crippen LogP contribution in [0.2, 0.25) is 0 Å². The molecular formula is C20H19N3O3S. The van der Waals surface area contributed by atoms with Crippen molar-refractivity contribution in [2.75, 3.05) is 5.32 Å². The van der Waals surface area contributed by atoms with Gasteiger partial charge in [0.15, 0.2) is 0 Å². The predicted octanol–water partition coefficient (Wildman–Crippen LogP) is 3.27. The van der Waals surface area contributed by atoms with Gasteiger partial charge in [-0.3, -0.25) is 4.79 Å². The molecule has 0 bridgehead atoms. The average Bonchev–Trinajstić information content (AvgIpc) is 3.11. The van der Waals surface area contributed by atoms with Gasteiger partial charge in [0.25, 0.3) is 0 Å². The molecule has 0 aliphatic heterocycles. The first-order valence-corrected chi connectivity index (χ1v) is 9.26. The standard InChI is InChI=1S/C20H19N3O3S/c21-17(9-13-5-2-1-3-6-13)19-23-16(12-27-19)11-18(24)22-15-8-4-7-14(10-15)20(25)26/h1-8,10,12,17H,9,11,21H2,(H,22,24)(H,25,26). The normalized spacial score (nSPS) is 11.7. The monoisotopic (exact) mass is 381 g/mol. The van der Waals surface area contributed by atoms with Gasteiger partial charge in [0.05, 0.1) is 23.7 Å². The molecule has 0 saturated heterocycles. The van der Waals surface area contributed by atoms with E-state index in [0.717, 1.165) is 10.6 Å². The molecule has 1 atom stereocenters. The summed E-state index contributed by atoms with van der Waals surface area (Å²) in [5, 5.41) is 14.3. The highest BCUT2D eigenvalue weighted by Crippen LogP contribution is 2.21. The first-order chi connectivity index (χ1) is 13.0. The Kier molecular flexibility index (Phi) is 5.95. The highest BCUT2D eigenvalue weighted by molar-refractivity contribution is 7.09. The number of carboxylic acids is 1. The number of hydrogen-bond donors (Lipinski definition) is 3. The van der Waals surface area contributed by atoms with Gasteiger partial charge in [0, 0.05) is 11.1 Å². The molecule has 27 heavy (non-hydrogen) atoms. The summed E-state index contributed by atoms with van der Waals surface area (Å²) in [5.74, 6) is -1.30. The third-order valence-electron chi connectivity index (χ3n) is 3.92. The van der Waals surface area contributed by atoms with Crippen molar-refractivity contribution in [2.24, 2.45) is 5.73 Å². The highest BCUT2D eigenvalue weighted by atomic mass is 32.1. The second-order valence-electron chi connectivity index (χ2n) is 6.08. The molecule has 1 aromatic heterocycles. The van der Waals surface area contributed by atoms with Crippen LogP contribution in [0.3, 0.4) is 0 Å². The van der Waals surface area contributed by atoms with Crippen molar-refractivity contribution in [1.29, 1.82) is 0 Å². The van der Waals surface area contributed by atoms with Gasteiger partial charge in [0.2, 0.25) is 5.91 Å². The lowest BCUT2D eigenvalue weighted by molar-refractivity contribution is -0.115. The molecule has 7 heteroatoms. The Morgan fingerprint density at radius 2 is 1.93 bits per heavy atom. The van der Waals surface area contributed by atoms with E-state index in [0.29, 0.717) is 17.8 Å². The number of rotatable bonds is 7. The van der Waals surface area contributed by atoms with Gasteiger partial charge in [-0.1, -0.05) is 36.4 Å². The number of aromatic nitrogens is 1. The summed E-state index contributed by atoms with van der Waals surface area (Å²) < 4.78 is 0. The van der Waals surface area contributed by atoms with Gasteiger partial charge in [-0.05, 0) is 30.2 Å². The van der Waals surface area contributed by atoms with Crippen molar-refractivity contribution in [2.45, 2.75) is 18.9 Å². The first kappa shape index (κ1) is 18.8. The van der Waals surface area contributed by atoms with Crippen LogP contribution in [0, 0.1) is 0 Å². The maximum absolute atomic E-state index is 12.2. The number of amides is 1. The SMILES string of the molecule is NC(Cc1ccccc1)c1nc(CC(=O)Nc2cccc(C(=O)O)c2)cs1. The number of carbonyl (C=O) groups excluding carboxylic acids is 1. The Balaban J connectivity index is 1.59. The summed E-state index contributed by atoms with van der Waals surface area (Å²) in [5.41, 5.74) is 8.57. The predicted molar refractivity (Wildman–Crippen MR) is 105 cm³/mol. The smallest absolute Gasteiger partial charge is 0.335 e.